The number of para-hydroxylation sites is 1. The molecule has 1 amide bonds. The number of nitrogens with one attached hydrogen (secondary N) is 1. The Bertz CT molecular complexity index is 1320. The van der Waals surface area contributed by atoms with Crippen LogP contribution in [0.25, 0.3) is 5.69 Å². The van der Waals surface area contributed by atoms with Crippen molar-refractivity contribution in [2.24, 2.45) is 0 Å². The van der Waals surface area contributed by atoms with Crippen molar-refractivity contribution in [2.45, 2.75) is 39.0 Å². The molecule has 0 atom stereocenters. The predicted molar refractivity (Wildman–Crippen MR) is 143 cm³/mol. The molecule has 0 unspecified atom stereocenters. The van der Waals surface area contributed by atoms with Crippen LogP contribution in [-0.2, 0) is 17.8 Å². The van der Waals surface area contributed by atoms with E-state index in [1.165, 1.54) is 11.8 Å². The molecule has 4 aromatic rings. The van der Waals surface area contributed by atoms with Gasteiger partial charge in [-0.3, -0.25) is 9.36 Å². The summed E-state index contributed by atoms with van der Waals surface area (Å²) < 4.78 is 13.2. The number of hydrogen-bond acceptors (Lipinski definition) is 6. The maximum atomic E-state index is 12.9. The second kappa shape index (κ2) is 11.8. The van der Waals surface area contributed by atoms with Gasteiger partial charge < -0.3 is 14.8 Å². The lowest BCUT2D eigenvalue weighted by molar-refractivity contribution is -0.113. The van der Waals surface area contributed by atoms with E-state index in [0.29, 0.717) is 11.0 Å². The summed E-state index contributed by atoms with van der Waals surface area (Å²) in [4.78, 5) is 12.9. The lowest BCUT2D eigenvalue weighted by Gasteiger charge is -2.14. The number of aryl methyl sites for hydroxylation is 3. The number of thioether (sulfide) groups is 1. The molecular weight excluding hydrogens is 472 g/mol. The van der Waals surface area contributed by atoms with E-state index >= 15 is 0 Å². The standard InChI is InChI=1S/C28H30N4O3S/c1-5-21-8-6-7-20(3)27(21)29-26(33)18-36-28-31-30-25(17-35-24-13-9-19(2)10-14-24)32(28)22-11-15-23(34-4)16-12-22/h6-16H,5,17-18H2,1-4H3,(H,29,33). The van der Waals surface area contributed by atoms with Crippen LogP contribution in [0.2, 0.25) is 0 Å². The van der Waals surface area contributed by atoms with Crippen LogP contribution in [-0.4, -0.2) is 33.5 Å². The van der Waals surface area contributed by atoms with Gasteiger partial charge in [-0.05, 0) is 67.8 Å². The molecule has 0 spiro atoms. The first kappa shape index (κ1) is 25.3. The Labute approximate surface area is 215 Å². The Kier molecular flexibility index (Phi) is 8.28. The second-order valence-electron chi connectivity index (χ2n) is 8.33. The average Bonchev–Trinajstić information content (AvgIpc) is 3.31. The van der Waals surface area contributed by atoms with Crippen LogP contribution in [0.5, 0.6) is 11.5 Å². The van der Waals surface area contributed by atoms with Crippen LogP contribution in [0, 0.1) is 13.8 Å². The molecule has 8 heteroatoms. The van der Waals surface area contributed by atoms with Gasteiger partial charge in [0.05, 0.1) is 12.9 Å². The van der Waals surface area contributed by atoms with E-state index in [1.807, 2.05) is 85.1 Å². The third kappa shape index (κ3) is 6.07. The fourth-order valence-corrected chi connectivity index (χ4v) is 4.54. The molecule has 0 saturated heterocycles. The number of benzene rings is 3. The number of methoxy groups -OCH3 is 1. The van der Waals surface area contributed by atoms with E-state index < -0.39 is 0 Å². The van der Waals surface area contributed by atoms with Crippen LogP contribution in [0.1, 0.15) is 29.4 Å². The van der Waals surface area contributed by atoms with Gasteiger partial charge in [-0.25, -0.2) is 0 Å². The third-order valence-electron chi connectivity index (χ3n) is 5.76. The SMILES string of the molecule is CCc1cccc(C)c1NC(=O)CSc1nnc(COc2ccc(C)cc2)n1-c1ccc(OC)cc1. The summed E-state index contributed by atoms with van der Waals surface area (Å²) in [5, 5.41) is 12.4. The van der Waals surface area contributed by atoms with Gasteiger partial charge in [-0.1, -0.05) is 54.6 Å². The Balaban J connectivity index is 1.53. The summed E-state index contributed by atoms with van der Waals surface area (Å²) in [6, 6.07) is 21.5. The topological polar surface area (TPSA) is 78.3 Å². The smallest absolute Gasteiger partial charge is 0.234 e. The first-order chi connectivity index (χ1) is 17.5. The molecule has 1 heterocycles. The maximum absolute atomic E-state index is 12.9. The monoisotopic (exact) mass is 502 g/mol. The Morgan fingerprint density at radius 3 is 2.39 bits per heavy atom. The summed E-state index contributed by atoms with van der Waals surface area (Å²) in [6.45, 7) is 6.35. The molecule has 7 nitrogen and oxygen atoms in total. The van der Waals surface area contributed by atoms with Crippen molar-refractivity contribution >= 4 is 23.4 Å². The average molecular weight is 503 g/mol. The minimum atomic E-state index is -0.0919. The number of rotatable bonds is 10. The maximum Gasteiger partial charge on any atom is 0.234 e. The number of carbonyl (C=O) groups is 1. The molecule has 1 aromatic heterocycles. The number of anilines is 1. The molecule has 0 fully saturated rings. The third-order valence-corrected chi connectivity index (χ3v) is 6.69. The highest BCUT2D eigenvalue weighted by Crippen LogP contribution is 2.26. The number of hydrogen-bond donors (Lipinski definition) is 1. The first-order valence-electron chi connectivity index (χ1n) is 11.8. The van der Waals surface area contributed by atoms with E-state index in [-0.39, 0.29) is 18.3 Å². The lowest BCUT2D eigenvalue weighted by atomic mass is 10.1. The number of carbonyl (C=O) groups excluding carboxylic acids is 1. The summed E-state index contributed by atoms with van der Waals surface area (Å²) in [5.74, 6) is 2.25. The molecule has 3 aromatic carbocycles. The molecule has 4 rings (SSSR count). The van der Waals surface area contributed by atoms with Crippen molar-refractivity contribution in [1.29, 1.82) is 0 Å². The molecule has 0 aliphatic rings. The van der Waals surface area contributed by atoms with Gasteiger partial charge in [0.25, 0.3) is 0 Å². The van der Waals surface area contributed by atoms with E-state index in [4.69, 9.17) is 9.47 Å². The van der Waals surface area contributed by atoms with E-state index in [1.54, 1.807) is 7.11 Å². The fraction of sp³-hybridized carbons (Fsp3) is 0.250. The van der Waals surface area contributed by atoms with Crippen molar-refractivity contribution in [2.75, 3.05) is 18.2 Å². The van der Waals surface area contributed by atoms with Crippen molar-refractivity contribution in [3.63, 3.8) is 0 Å². The van der Waals surface area contributed by atoms with Gasteiger partial charge >= 0.3 is 0 Å². The molecule has 0 bridgehead atoms. The Morgan fingerprint density at radius 2 is 1.69 bits per heavy atom. The van der Waals surface area contributed by atoms with Crippen molar-refractivity contribution in [3.05, 3.63) is 89.2 Å². The quantitative estimate of drug-likeness (QED) is 0.278. The zero-order valence-electron chi connectivity index (χ0n) is 20.9. The van der Waals surface area contributed by atoms with Gasteiger partial charge in [0, 0.05) is 11.4 Å². The van der Waals surface area contributed by atoms with Crippen LogP contribution in [0.15, 0.2) is 71.9 Å². The zero-order valence-corrected chi connectivity index (χ0v) is 21.8. The van der Waals surface area contributed by atoms with Crippen molar-refractivity contribution in [1.82, 2.24) is 14.8 Å². The first-order valence-corrected chi connectivity index (χ1v) is 12.8. The lowest BCUT2D eigenvalue weighted by Crippen LogP contribution is -2.16. The largest absolute Gasteiger partial charge is 0.497 e. The molecule has 186 valence electrons. The molecule has 0 saturated carbocycles. The van der Waals surface area contributed by atoms with Crippen molar-refractivity contribution in [3.8, 4) is 17.2 Å². The summed E-state index contributed by atoms with van der Waals surface area (Å²) in [5.41, 5.74) is 5.07. The minimum Gasteiger partial charge on any atom is -0.497 e. The second-order valence-corrected chi connectivity index (χ2v) is 9.28. The normalized spacial score (nSPS) is 10.8. The van der Waals surface area contributed by atoms with Gasteiger partial charge in [0.2, 0.25) is 5.91 Å². The van der Waals surface area contributed by atoms with Gasteiger partial charge in [-0.15, -0.1) is 10.2 Å². The van der Waals surface area contributed by atoms with Gasteiger partial charge in [0.1, 0.15) is 18.1 Å². The zero-order chi connectivity index (χ0) is 25.5. The molecule has 36 heavy (non-hydrogen) atoms. The molecular formula is C28H30N4O3S. The highest BCUT2D eigenvalue weighted by atomic mass is 32.2. The highest BCUT2D eigenvalue weighted by molar-refractivity contribution is 7.99. The van der Waals surface area contributed by atoms with Crippen LogP contribution in [0.3, 0.4) is 0 Å². The molecule has 0 aliphatic heterocycles. The predicted octanol–water partition coefficient (Wildman–Crippen LogP) is 5.76. The number of amides is 1. The van der Waals surface area contributed by atoms with Crippen LogP contribution < -0.4 is 14.8 Å². The Hall–Kier alpha value is -3.78. The summed E-state index contributed by atoms with van der Waals surface area (Å²) in [6.07, 6.45) is 0.848. The van der Waals surface area contributed by atoms with E-state index in [2.05, 4.69) is 22.4 Å². The van der Waals surface area contributed by atoms with Crippen LogP contribution >= 0.6 is 11.8 Å². The highest BCUT2D eigenvalue weighted by Gasteiger charge is 2.17. The van der Waals surface area contributed by atoms with Gasteiger partial charge in [-0.2, -0.15) is 0 Å². The van der Waals surface area contributed by atoms with E-state index in [0.717, 1.165) is 46.0 Å². The molecule has 0 aliphatic carbocycles. The Morgan fingerprint density at radius 1 is 0.972 bits per heavy atom. The number of nitrogens with zero attached hydrogens (tertiary/aromatic N) is 3. The minimum absolute atomic E-state index is 0.0919. The summed E-state index contributed by atoms with van der Waals surface area (Å²) >= 11 is 1.33. The fourth-order valence-electron chi connectivity index (χ4n) is 3.77. The molecule has 1 N–H and O–H groups in total. The molecule has 0 radical (unpaired) electrons. The number of ether oxygens (including phenoxy) is 2. The van der Waals surface area contributed by atoms with Gasteiger partial charge in [0.15, 0.2) is 11.0 Å². The van der Waals surface area contributed by atoms with Crippen LogP contribution in [0.4, 0.5) is 5.69 Å². The number of aromatic nitrogens is 3. The van der Waals surface area contributed by atoms with E-state index in [9.17, 15) is 4.79 Å². The van der Waals surface area contributed by atoms with Crippen molar-refractivity contribution < 1.29 is 14.3 Å². The summed E-state index contributed by atoms with van der Waals surface area (Å²) in [7, 11) is 1.63.